The summed E-state index contributed by atoms with van der Waals surface area (Å²) in [6, 6.07) is 18.2. The molecule has 2 rings (SSSR count). The second-order valence-electron chi connectivity index (χ2n) is 4.42. The molecule has 0 atom stereocenters. The van der Waals surface area contributed by atoms with Crippen molar-refractivity contribution in [2.24, 2.45) is 0 Å². The van der Waals surface area contributed by atoms with Crippen LogP contribution in [0.5, 0.6) is 5.75 Å². The van der Waals surface area contributed by atoms with Gasteiger partial charge in [0.1, 0.15) is 18.9 Å². The molecule has 0 saturated heterocycles. The quantitative estimate of drug-likeness (QED) is 0.736. The molecule has 19 heavy (non-hydrogen) atoms. The first-order valence-electron chi connectivity index (χ1n) is 6.56. The molecule has 100 valence electrons. The number of aliphatic hydroxyl groups is 1. The van der Waals surface area contributed by atoms with E-state index in [0.29, 0.717) is 6.61 Å². The van der Waals surface area contributed by atoms with Gasteiger partial charge in [0.05, 0.1) is 13.2 Å². The third kappa shape index (κ3) is 4.73. The number of ether oxygens (including phenoxy) is 1. The van der Waals surface area contributed by atoms with Gasteiger partial charge >= 0.3 is 0 Å². The van der Waals surface area contributed by atoms with E-state index in [1.54, 1.807) is 0 Å². The largest absolute Gasteiger partial charge is 0.489 e. The third-order valence-corrected chi connectivity index (χ3v) is 2.88. The maximum atomic E-state index is 8.72. The molecule has 3 heteroatoms. The van der Waals surface area contributed by atoms with E-state index in [2.05, 4.69) is 29.6 Å². The van der Waals surface area contributed by atoms with Crippen LogP contribution >= 0.6 is 0 Å². The molecule has 0 amide bonds. The Hall–Kier alpha value is -1.84. The van der Waals surface area contributed by atoms with E-state index < -0.39 is 0 Å². The Kier molecular flexibility index (Phi) is 5.41. The van der Waals surface area contributed by atoms with Gasteiger partial charge in [-0.3, -0.25) is 0 Å². The molecule has 0 saturated carbocycles. The number of nitrogens with two attached hydrogens (primary N) is 1. The molecule has 0 unspecified atom stereocenters. The molecule has 0 aliphatic carbocycles. The highest BCUT2D eigenvalue weighted by Gasteiger charge is 1.98. The van der Waals surface area contributed by atoms with Gasteiger partial charge in [0.25, 0.3) is 0 Å². The molecule has 0 radical (unpaired) electrons. The number of hydrogen-bond acceptors (Lipinski definition) is 2. The molecule has 2 aromatic carbocycles. The van der Waals surface area contributed by atoms with Crippen molar-refractivity contribution < 1.29 is 15.2 Å². The fourth-order valence-corrected chi connectivity index (χ4v) is 1.82. The lowest BCUT2D eigenvalue weighted by Crippen LogP contribution is -2.83. The topological polar surface area (TPSA) is 46.1 Å². The summed E-state index contributed by atoms with van der Waals surface area (Å²) in [5.74, 6) is 0.884. The van der Waals surface area contributed by atoms with Crippen molar-refractivity contribution in [3.05, 3.63) is 65.7 Å². The van der Waals surface area contributed by atoms with Crippen molar-refractivity contribution in [3.63, 3.8) is 0 Å². The molecule has 3 N–H and O–H groups in total. The van der Waals surface area contributed by atoms with E-state index in [-0.39, 0.29) is 6.61 Å². The minimum atomic E-state index is 0.221. The summed E-state index contributed by atoms with van der Waals surface area (Å²) in [6.07, 6.45) is 0. The van der Waals surface area contributed by atoms with Crippen molar-refractivity contribution >= 4 is 0 Å². The van der Waals surface area contributed by atoms with Crippen LogP contribution in [0.25, 0.3) is 0 Å². The first kappa shape index (κ1) is 13.6. The Balaban J connectivity index is 1.81. The van der Waals surface area contributed by atoms with E-state index in [1.807, 2.05) is 30.3 Å². The summed E-state index contributed by atoms with van der Waals surface area (Å²) in [5, 5.41) is 10.8. The molecule has 3 nitrogen and oxygen atoms in total. The lowest BCUT2D eigenvalue weighted by molar-refractivity contribution is -0.671. The Labute approximate surface area is 113 Å². The van der Waals surface area contributed by atoms with Gasteiger partial charge in [0.2, 0.25) is 0 Å². The molecule has 0 aromatic heterocycles. The highest BCUT2D eigenvalue weighted by atomic mass is 16.5. The summed E-state index contributed by atoms with van der Waals surface area (Å²) < 4.78 is 5.72. The fraction of sp³-hybridized carbons (Fsp3) is 0.250. The first-order valence-corrected chi connectivity index (χ1v) is 6.56. The molecule has 0 aliphatic rings. The van der Waals surface area contributed by atoms with E-state index >= 15 is 0 Å². The van der Waals surface area contributed by atoms with E-state index in [0.717, 1.165) is 18.8 Å². The lowest BCUT2D eigenvalue weighted by atomic mass is 10.2. The average Bonchev–Trinajstić information content (AvgIpc) is 2.48. The van der Waals surface area contributed by atoms with Crippen LogP contribution in [0.4, 0.5) is 0 Å². The Morgan fingerprint density at radius 3 is 2.32 bits per heavy atom. The molecular formula is C16H20NO2+. The predicted octanol–water partition coefficient (Wildman–Crippen LogP) is 1.32. The van der Waals surface area contributed by atoms with Crippen LogP contribution in [0, 0.1) is 0 Å². The third-order valence-electron chi connectivity index (χ3n) is 2.88. The highest BCUT2D eigenvalue weighted by Crippen LogP contribution is 2.13. The van der Waals surface area contributed by atoms with Crippen LogP contribution in [0.2, 0.25) is 0 Å². The van der Waals surface area contributed by atoms with Crippen LogP contribution in [0.15, 0.2) is 54.6 Å². The van der Waals surface area contributed by atoms with Crippen molar-refractivity contribution in [1.29, 1.82) is 0 Å². The summed E-state index contributed by atoms with van der Waals surface area (Å²) >= 11 is 0. The summed E-state index contributed by atoms with van der Waals surface area (Å²) in [4.78, 5) is 0. The summed E-state index contributed by atoms with van der Waals surface area (Å²) in [7, 11) is 0. The molecule has 0 heterocycles. The van der Waals surface area contributed by atoms with Crippen LogP contribution in [0.1, 0.15) is 11.1 Å². The molecular weight excluding hydrogens is 238 g/mol. The van der Waals surface area contributed by atoms with Crippen molar-refractivity contribution in [2.45, 2.75) is 13.2 Å². The molecule has 0 bridgehead atoms. The number of quaternary nitrogens is 1. The first-order chi connectivity index (χ1) is 9.38. The van der Waals surface area contributed by atoms with Gasteiger partial charge in [0, 0.05) is 5.56 Å². The van der Waals surface area contributed by atoms with Crippen LogP contribution in [-0.4, -0.2) is 18.3 Å². The second-order valence-corrected chi connectivity index (χ2v) is 4.42. The number of aliphatic hydroxyl groups excluding tert-OH is 1. The predicted molar refractivity (Wildman–Crippen MR) is 74.8 cm³/mol. The standard InChI is InChI=1S/C16H19NO2/c18-11-10-17-12-14-6-8-16(9-7-14)19-13-15-4-2-1-3-5-15/h1-9,17-18H,10-13H2/p+1. The van der Waals surface area contributed by atoms with Crippen LogP contribution in [-0.2, 0) is 13.2 Å². The zero-order valence-corrected chi connectivity index (χ0v) is 11.0. The SMILES string of the molecule is OCC[NH2+]Cc1ccc(OCc2ccccc2)cc1. The van der Waals surface area contributed by atoms with Gasteiger partial charge in [-0.05, 0) is 29.8 Å². The highest BCUT2D eigenvalue weighted by molar-refractivity contribution is 5.27. The zero-order valence-electron chi connectivity index (χ0n) is 11.0. The van der Waals surface area contributed by atoms with Crippen molar-refractivity contribution in [1.82, 2.24) is 0 Å². The van der Waals surface area contributed by atoms with E-state index in [4.69, 9.17) is 9.84 Å². The lowest BCUT2D eigenvalue weighted by Gasteiger charge is -2.07. The average molecular weight is 258 g/mol. The number of rotatable bonds is 7. The zero-order chi connectivity index (χ0) is 13.3. The van der Waals surface area contributed by atoms with Gasteiger partial charge < -0.3 is 15.2 Å². The second kappa shape index (κ2) is 7.56. The molecule has 0 aliphatic heterocycles. The Morgan fingerprint density at radius 1 is 0.895 bits per heavy atom. The van der Waals surface area contributed by atoms with Crippen LogP contribution in [0.3, 0.4) is 0 Å². The molecule has 0 spiro atoms. The van der Waals surface area contributed by atoms with Gasteiger partial charge in [-0.2, -0.15) is 0 Å². The normalized spacial score (nSPS) is 10.4. The number of hydrogen-bond donors (Lipinski definition) is 2. The number of benzene rings is 2. The maximum absolute atomic E-state index is 8.72. The monoisotopic (exact) mass is 258 g/mol. The van der Waals surface area contributed by atoms with Gasteiger partial charge in [-0.15, -0.1) is 0 Å². The van der Waals surface area contributed by atoms with Gasteiger partial charge in [-0.25, -0.2) is 0 Å². The molecule has 0 fully saturated rings. The van der Waals surface area contributed by atoms with Crippen LogP contribution < -0.4 is 10.1 Å². The van der Waals surface area contributed by atoms with E-state index in [1.165, 1.54) is 11.1 Å². The summed E-state index contributed by atoms with van der Waals surface area (Å²) in [6.45, 7) is 2.45. The van der Waals surface area contributed by atoms with Crippen molar-refractivity contribution in [2.75, 3.05) is 13.2 Å². The Bertz CT molecular complexity index is 468. The Morgan fingerprint density at radius 2 is 1.63 bits per heavy atom. The van der Waals surface area contributed by atoms with E-state index in [9.17, 15) is 0 Å². The minimum absolute atomic E-state index is 0.221. The van der Waals surface area contributed by atoms with Gasteiger partial charge in [0.15, 0.2) is 0 Å². The van der Waals surface area contributed by atoms with Gasteiger partial charge in [-0.1, -0.05) is 30.3 Å². The molecule has 2 aromatic rings. The fourth-order valence-electron chi connectivity index (χ4n) is 1.82. The minimum Gasteiger partial charge on any atom is -0.489 e. The van der Waals surface area contributed by atoms with Crippen molar-refractivity contribution in [3.8, 4) is 5.75 Å². The smallest absolute Gasteiger partial charge is 0.119 e. The summed E-state index contributed by atoms with van der Waals surface area (Å²) in [5.41, 5.74) is 2.41. The maximum Gasteiger partial charge on any atom is 0.119 e.